The standard InChI is InChI=1S/C14H17N5O4/c20-12(8-18-6-11(5-16-18)19(22)23)7-17-9-15-13(4-14(17)21)10-2-1-3-10/h4-6,9-10,12,20H,1-3,7-8H2. The molecule has 0 aliphatic heterocycles. The van der Waals surface area contributed by atoms with Crippen molar-refractivity contribution < 1.29 is 10.0 Å². The molecule has 0 radical (unpaired) electrons. The van der Waals surface area contributed by atoms with Crippen molar-refractivity contribution in [3.63, 3.8) is 0 Å². The smallest absolute Gasteiger partial charge is 0.306 e. The van der Waals surface area contributed by atoms with Gasteiger partial charge in [0.05, 0.1) is 36.1 Å². The van der Waals surface area contributed by atoms with Crippen molar-refractivity contribution >= 4 is 5.69 Å². The third-order valence-electron chi connectivity index (χ3n) is 4.06. The maximum atomic E-state index is 12.1. The highest BCUT2D eigenvalue weighted by Crippen LogP contribution is 2.34. The second-order valence-electron chi connectivity index (χ2n) is 5.76. The summed E-state index contributed by atoms with van der Waals surface area (Å²) in [4.78, 5) is 26.4. The number of aromatic nitrogens is 4. The fourth-order valence-corrected chi connectivity index (χ4v) is 2.55. The van der Waals surface area contributed by atoms with E-state index in [0.717, 1.165) is 24.7 Å². The molecule has 9 heteroatoms. The summed E-state index contributed by atoms with van der Waals surface area (Å²) >= 11 is 0. The average Bonchev–Trinajstić information content (AvgIpc) is 2.88. The van der Waals surface area contributed by atoms with Gasteiger partial charge in [0.2, 0.25) is 0 Å². The first-order chi connectivity index (χ1) is 11.0. The third-order valence-corrected chi connectivity index (χ3v) is 4.06. The number of nitro groups is 1. The van der Waals surface area contributed by atoms with Crippen molar-refractivity contribution in [3.05, 3.63) is 50.9 Å². The summed E-state index contributed by atoms with van der Waals surface area (Å²) < 4.78 is 2.62. The van der Waals surface area contributed by atoms with E-state index in [0.29, 0.717) is 5.92 Å². The van der Waals surface area contributed by atoms with E-state index in [9.17, 15) is 20.0 Å². The normalized spacial score (nSPS) is 16.0. The maximum absolute atomic E-state index is 12.1. The molecular formula is C14H17N5O4. The summed E-state index contributed by atoms with van der Waals surface area (Å²) in [5.41, 5.74) is 0.475. The number of hydrogen-bond acceptors (Lipinski definition) is 6. The van der Waals surface area contributed by atoms with Crippen LogP contribution in [0.2, 0.25) is 0 Å². The van der Waals surface area contributed by atoms with Crippen LogP contribution >= 0.6 is 0 Å². The molecule has 1 saturated carbocycles. The predicted octanol–water partition coefficient (Wildman–Crippen LogP) is 0.677. The quantitative estimate of drug-likeness (QED) is 0.618. The molecule has 1 aliphatic carbocycles. The van der Waals surface area contributed by atoms with Crippen LogP contribution in [0.1, 0.15) is 30.9 Å². The van der Waals surface area contributed by atoms with Gasteiger partial charge in [-0.15, -0.1) is 0 Å². The Morgan fingerprint density at radius 3 is 2.78 bits per heavy atom. The molecule has 9 nitrogen and oxygen atoms in total. The Kier molecular flexibility index (Phi) is 4.20. The summed E-state index contributed by atoms with van der Waals surface area (Å²) in [6, 6.07) is 1.52. The Balaban J connectivity index is 1.63. The minimum Gasteiger partial charge on any atom is -0.389 e. The Morgan fingerprint density at radius 2 is 2.22 bits per heavy atom. The van der Waals surface area contributed by atoms with Gasteiger partial charge < -0.3 is 5.11 Å². The lowest BCUT2D eigenvalue weighted by Gasteiger charge is -2.24. The van der Waals surface area contributed by atoms with E-state index in [4.69, 9.17) is 0 Å². The summed E-state index contributed by atoms with van der Waals surface area (Å²) in [5.74, 6) is 0.381. The summed E-state index contributed by atoms with van der Waals surface area (Å²) in [6.45, 7) is 0.120. The molecule has 0 spiro atoms. The van der Waals surface area contributed by atoms with Crippen LogP contribution in [-0.4, -0.2) is 35.5 Å². The molecule has 2 aromatic rings. The van der Waals surface area contributed by atoms with Crippen LogP contribution in [-0.2, 0) is 13.1 Å². The molecule has 122 valence electrons. The lowest BCUT2D eigenvalue weighted by Crippen LogP contribution is -2.30. The van der Waals surface area contributed by atoms with Crippen LogP contribution in [0.5, 0.6) is 0 Å². The Bertz CT molecular complexity index is 765. The van der Waals surface area contributed by atoms with Gasteiger partial charge >= 0.3 is 5.69 Å². The molecule has 1 N–H and O–H groups in total. The second kappa shape index (κ2) is 6.29. The number of nitrogens with zero attached hydrogens (tertiary/aromatic N) is 5. The number of aliphatic hydroxyl groups excluding tert-OH is 1. The first kappa shape index (κ1) is 15.3. The minimum absolute atomic E-state index is 0.0600. The third kappa shape index (κ3) is 3.45. The van der Waals surface area contributed by atoms with Crippen LogP contribution in [0.3, 0.4) is 0 Å². The van der Waals surface area contributed by atoms with Crippen LogP contribution in [0.25, 0.3) is 0 Å². The Morgan fingerprint density at radius 1 is 1.43 bits per heavy atom. The van der Waals surface area contributed by atoms with Crippen LogP contribution in [0.4, 0.5) is 5.69 Å². The maximum Gasteiger partial charge on any atom is 0.306 e. The van der Waals surface area contributed by atoms with Crippen molar-refractivity contribution in [1.29, 1.82) is 0 Å². The molecule has 1 atom stereocenters. The molecule has 1 fully saturated rings. The van der Waals surface area contributed by atoms with E-state index in [1.165, 1.54) is 34.3 Å². The van der Waals surface area contributed by atoms with Crippen molar-refractivity contribution in [2.45, 2.75) is 44.4 Å². The van der Waals surface area contributed by atoms with Gasteiger partial charge in [0.25, 0.3) is 5.56 Å². The molecule has 1 aliphatic rings. The van der Waals surface area contributed by atoms with Gasteiger partial charge in [-0.3, -0.25) is 24.2 Å². The SMILES string of the molecule is O=c1cc(C2CCC2)ncn1CC(O)Cn1cc([N+](=O)[O-])cn1. The molecule has 2 heterocycles. The van der Waals surface area contributed by atoms with Crippen molar-refractivity contribution in [1.82, 2.24) is 19.3 Å². The molecule has 0 bridgehead atoms. The van der Waals surface area contributed by atoms with Gasteiger partial charge in [-0.1, -0.05) is 6.42 Å². The van der Waals surface area contributed by atoms with Crippen molar-refractivity contribution in [3.8, 4) is 0 Å². The van der Waals surface area contributed by atoms with Crippen LogP contribution in [0, 0.1) is 10.1 Å². The lowest BCUT2D eigenvalue weighted by atomic mass is 9.83. The molecule has 0 aromatic carbocycles. The van der Waals surface area contributed by atoms with Gasteiger partial charge in [-0.05, 0) is 12.8 Å². The fourth-order valence-electron chi connectivity index (χ4n) is 2.55. The average molecular weight is 319 g/mol. The minimum atomic E-state index is -0.899. The van der Waals surface area contributed by atoms with Crippen molar-refractivity contribution in [2.24, 2.45) is 0 Å². The summed E-state index contributed by atoms with van der Waals surface area (Å²) in [7, 11) is 0. The summed E-state index contributed by atoms with van der Waals surface area (Å²) in [6.07, 6.45) is 6.21. The van der Waals surface area contributed by atoms with E-state index in [1.54, 1.807) is 0 Å². The molecule has 3 rings (SSSR count). The van der Waals surface area contributed by atoms with E-state index >= 15 is 0 Å². The molecule has 0 saturated heterocycles. The number of aliphatic hydroxyl groups is 1. The van der Waals surface area contributed by atoms with Gasteiger partial charge in [0.1, 0.15) is 12.4 Å². The van der Waals surface area contributed by atoms with Gasteiger partial charge in [0, 0.05) is 12.0 Å². The van der Waals surface area contributed by atoms with Gasteiger partial charge in [-0.2, -0.15) is 5.10 Å². The van der Waals surface area contributed by atoms with E-state index < -0.39 is 11.0 Å². The fraction of sp³-hybridized carbons (Fsp3) is 0.500. The highest BCUT2D eigenvalue weighted by atomic mass is 16.6. The zero-order valence-electron chi connectivity index (χ0n) is 12.4. The zero-order chi connectivity index (χ0) is 16.4. The monoisotopic (exact) mass is 319 g/mol. The van der Waals surface area contributed by atoms with Gasteiger partial charge in [-0.25, -0.2) is 4.98 Å². The highest BCUT2D eigenvalue weighted by Gasteiger charge is 2.21. The number of rotatable bonds is 6. The molecule has 1 unspecified atom stereocenters. The van der Waals surface area contributed by atoms with Gasteiger partial charge in [0.15, 0.2) is 0 Å². The number of hydrogen-bond donors (Lipinski definition) is 1. The van der Waals surface area contributed by atoms with Crippen LogP contribution < -0.4 is 5.56 Å². The molecule has 23 heavy (non-hydrogen) atoms. The molecule has 0 amide bonds. The first-order valence-corrected chi connectivity index (χ1v) is 7.44. The Labute approximate surface area is 131 Å². The Hall–Kier alpha value is -2.55. The topological polar surface area (TPSA) is 116 Å². The van der Waals surface area contributed by atoms with E-state index in [2.05, 4.69) is 10.1 Å². The molecule has 2 aromatic heterocycles. The lowest BCUT2D eigenvalue weighted by molar-refractivity contribution is -0.385. The largest absolute Gasteiger partial charge is 0.389 e. The molecular weight excluding hydrogens is 302 g/mol. The second-order valence-corrected chi connectivity index (χ2v) is 5.76. The van der Waals surface area contributed by atoms with Crippen molar-refractivity contribution in [2.75, 3.05) is 0 Å². The first-order valence-electron chi connectivity index (χ1n) is 7.44. The van der Waals surface area contributed by atoms with E-state index in [1.807, 2.05) is 0 Å². The zero-order valence-corrected chi connectivity index (χ0v) is 12.4. The summed E-state index contributed by atoms with van der Waals surface area (Å²) in [5, 5.41) is 24.4. The highest BCUT2D eigenvalue weighted by molar-refractivity contribution is 5.20. The van der Waals surface area contributed by atoms with Crippen LogP contribution in [0.15, 0.2) is 29.6 Å². The predicted molar refractivity (Wildman–Crippen MR) is 80.0 cm³/mol. The van der Waals surface area contributed by atoms with E-state index in [-0.39, 0.29) is 24.3 Å².